The summed E-state index contributed by atoms with van der Waals surface area (Å²) in [7, 11) is 4.51. The predicted molar refractivity (Wildman–Crippen MR) is 80.6 cm³/mol. The lowest BCUT2D eigenvalue weighted by molar-refractivity contribution is 0.0379. The smallest absolute Gasteiger partial charge is 0.0557 e. The molecule has 2 nitrogen and oxygen atoms in total. The van der Waals surface area contributed by atoms with Crippen LogP contribution in [0.4, 0.5) is 0 Å². The van der Waals surface area contributed by atoms with E-state index in [4.69, 9.17) is 0 Å². The molecule has 0 radical (unpaired) electrons. The van der Waals surface area contributed by atoms with Gasteiger partial charge in [0.15, 0.2) is 0 Å². The molecule has 19 heavy (non-hydrogen) atoms. The van der Waals surface area contributed by atoms with E-state index < -0.39 is 0 Å². The Morgan fingerprint density at radius 1 is 1.00 bits per heavy atom. The molecule has 3 rings (SSSR count). The fraction of sp³-hybridized carbons (Fsp3) is 0.647. The van der Waals surface area contributed by atoms with Gasteiger partial charge in [-0.2, -0.15) is 0 Å². The van der Waals surface area contributed by atoms with Crippen molar-refractivity contribution in [2.75, 3.05) is 33.7 Å². The van der Waals surface area contributed by atoms with Crippen molar-refractivity contribution in [2.45, 2.75) is 38.1 Å². The van der Waals surface area contributed by atoms with Gasteiger partial charge in [-0.05, 0) is 63.4 Å². The number of hydrogen-bond acceptors (Lipinski definition) is 2. The van der Waals surface area contributed by atoms with Crippen LogP contribution < -0.4 is 0 Å². The van der Waals surface area contributed by atoms with Gasteiger partial charge < -0.3 is 4.90 Å². The molecule has 1 aromatic rings. The maximum absolute atomic E-state index is 2.53. The fourth-order valence-electron chi connectivity index (χ4n) is 3.67. The van der Waals surface area contributed by atoms with Crippen molar-refractivity contribution < 1.29 is 0 Å². The van der Waals surface area contributed by atoms with E-state index in [2.05, 4.69) is 49.0 Å². The molecule has 1 aliphatic heterocycles. The van der Waals surface area contributed by atoms with Gasteiger partial charge in [0.1, 0.15) is 0 Å². The summed E-state index contributed by atoms with van der Waals surface area (Å²) in [5.41, 5.74) is 4.86. The van der Waals surface area contributed by atoms with Gasteiger partial charge in [-0.1, -0.05) is 18.2 Å². The third kappa shape index (κ3) is 2.32. The zero-order chi connectivity index (χ0) is 13.5. The van der Waals surface area contributed by atoms with Crippen molar-refractivity contribution in [3.05, 3.63) is 34.9 Å². The Labute approximate surface area is 117 Å². The molecule has 0 spiro atoms. The zero-order valence-corrected chi connectivity index (χ0v) is 12.6. The SMILES string of the molecule is CN1CCN(C)C(C)(c2ccc3c(c2)CCCC3)C1. The van der Waals surface area contributed by atoms with Crippen molar-refractivity contribution in [1.29, 1.82) is 0 Å². The minimum Gasteiger partial charge on any atom is -0.303 e. The maximum Gasteiger partial charge on any atom is 0.0557 e. The molecule has 1 unspecified atom stereocenters. The molecule has 1 fully saturated rings. The summed E-state index contributed by atoms with van der Waals surface area (Å²) >= 11 is 0. The molecule has 104 valence electrons. The van der Waals surface area contributed by atoms with Crippen LogP contribution in [-0.2, 0) is 18.4 Å². The van der Waals surface area contributed by atoms with Gasteiger partial charge in [0.05, 0.1) is 5.54 Å². The number of piperazine rings is 1. The Hall–Kier alpha value is -0.860. The number of likely N-dealkylation sites (N-methyl/N-ethyl adjacent to an activating group) is 2. The van der Waals surface area contributed by atoms with Crippen LogP contribution in [0.25, 0.3) is 0 Å². The van der Waals surface area contributed by atoms with Crippen LogP contribution in [-0.4, -0.2) is 43.5 Å². The predicted octanol–water partition coefficient (Wildman–Crippen LogP) is 2.66. The molecule has 2 aliphatic rings. The van der Waals surface area contributed by atoms with Crippen molar-refractivity contribution in [3.8, 4) is 0 Å². The number of benzene rings is 1. The Morgan fingerprint density at radius 3 is 2.53 bits per heavy atom. The summed E-state index contributed by atoms with van der Waals surface area (Å²) in [5, 5.41) is 0. The van der Waals surface area contributed by atoms with Crippen LogP contribution in [0, 0.1) is 0 Å². The lowest BCUT2D eigenvalue weighted by Crippen LogP contribution is -2.56. The topological polar surface area (TPSA) is 6.48 Å². The largest absolute Gasteiger partial charge is 0.303 e. The number of hydrogen-bond donors (Lipinski definition) is 0. The highest BCUT2D eigenvalue weighted by Gasteiger charge is 2.36. The van der Waals surface area contributed by atoms with Gasteiger partial charge in [0, 0.05) is 19.6 Å². The molecule has 0 bridgehead atoms. The molecule has 1 aliphatic carbocycles. The maximum atomic E-state index is 2.53. The first kappa shape index (κ1) is 13.1. The van der Waals surface area contributed by atoms with Crippen LogP contribution in [0.5, 0.6) is 0 Å². The fourth-order valence-corrected chi connectivity index (χ4v) is 3.67. The van der Waals surface area contributed by atoms with Gasteiger partial charge in [-0.25, -0.2) is 0 Å². The van der Waals surface area contributed by atoms with Crippen LogP contribution in [0.3, 0.4) is 0 Å². The second-order valence-electron chi connectivity index (χ2n) is 6.62. The van der Waals surface area contributed by atoms with Crippen molar-refractivity contribution in [1.82, 2.24) is 9.80 Å². The molecule has 0 saturated carbocycles. The molecule has 1 aromatic carbocycles. The molecule has 1 saturated heterocycles. The van der Waals surface area contributed by atoms with E-state index in [1.807, 2.05) is 0 Å². The highest BCUT2D eigenvalue weighted by Crippen LogP contribution is 2.33. The summed E-state index contributed by atoms with van der Waals surface area (Å²) in [6.07, 6.45) is 5.29. The highest BCUT2D eigenvalue weighted by atomic mass is 15.3. The van der Waals surface area contributed by atoms with Gasteiger partial charge in [-0.15, -0.1) is 0 Å². The van der Waals surface area contributed by atoms with Crippen LogP contribution in [0.2, 0.25) is 0 Å². The summed E-state index contributed by atoms with van der Waals surface area (Å²) < 4.78 is 0. The first-order chi connectivity index (χ1) is 9.09. The first-order valence-electron chi connectivity index (χ1n) is 7.62. The Morgan fingerprint density at radius 2 is 1.74 bits per heavy atom. The molecule has 0 aromatic heterocycles. The third-order valence-corrected chi connectivity index (χ3v) is 5.21. The van der Waals surface area contributed by atoms with Crippen LogP contribution in [0.1, 0.15) is 36.5 Å². The van der Waals surface area contributed by atoms with E-state index >= 15 is 0 Å². The molecule has 2 heteroatoms. The lowest BCUT2D eigenvalue weighted by atomic mass is 9.83. The second kappa shape index (κ2) is 4.92. The van der Waals surface area contributed by atoms with E-state index in [0.717, 1.165) is 13.1 Å². The lowest BCUT2D eigenvalue weighted by Gasteiger charge is -2.47. The van der Waals surface area contributed by atoms with E-state index in [0.29, 0.717) is 0 Å². The minimum absolute atomic E-state index is 0.166. The van der Waals surface area contributed by atoms with Crippen molar-refractivity contribution in [2.24, 2.45) is 0 Å². The molecular weight excluding hydrogens is 232 g/mol. The Bertz CT molecular complexity index is 468. The van der Waals surface area contributed by atoms with Crippen molar-refractivity contribution in [3.63, 3.8) is 0 Å². The normalized spacial score (nSPS) is 29.2. The number of rotatable bonds is 1. The number of aryl methyl sites for hydroxylation is 2. The van der Waals surface area contributed by atoms with Gasteiger partial charge >= 0.3 is 0 Å². The van der Waals surface area contributed by atoms with Gasteiger partial charge in [-0.3, -0.25) is 4.90 Å². The quantitative estimate of drug-likeness (QED) is 0.764. The third-order valence-electron chi connectivity index (χ3n) is 5.21. The van der Waals surface area contributed by atoms with E-state index in [-0.39, 0.29) is 5.54 Å². The average molecular weight is 258 g/mol. The first-order valence-corrected chi connectivity index (χ1v) is 7.62. The Kier molecular flexibility index (Phi) is 3.40. The van der Waals surface area contributed by atoms with Crippen LogP contribution in [0.15, 0.2) is 18.2 Å². The number of fused-ring (bicyclic) bond motifs is 1. The second-order valence-corrected chi connectivity index (χ2v) is 6.62. The monoisotopic (exact) mass is 258 g/mol. The molecular formula is C17H26N2. The summed E-state index contributed by atoms with van der Waals surface area (Å²) in [5.74, 6) is 0. The van der Waals surface area contributed by atoms with E-state index in [1.165, 1.54) is 37.8 Å². The van der Waals surface area contributed by atoms with Gasteiger partial charge in [0.2, 0.25) is 0 Å². The summed E-state index contributed by atoms with van der Waals surface area (Å²) in [6.45, 7) is 5.86. The summed E-state index contributed by atoms with van der Waals surface area (Å²) in [4.78, 5) is 4.98. The zero-order valence-electron chi connectivity index (χ0n) is 12.6. The van der Waals surface area contributed by atoms with Gasteiger partial charge in [0.25, 0.3) is 0 Å². The molecule has 0 amide bonds. The Balaban J connectivity index is 1.96. The van der Waals surface area contributed by atoms with E-state index in [1.54, 1.807) is 11.1 Å². The standard InChI is InChI=1S/C17H26N2/c1-17(13-18(2)10-11-19(17)3)16-9-8-14-6-4-5-7-15(14)12-16/h8-9,12H,4-7,10-11,13H2,1-3H3. The number of nitrogens with zero attached hydrogens (tertiary/aromatic N) is 2. The van der Waals surface area contributed by atoms with Crippen molar-refractivity contribution >= 4 is 0 Å². The minimum atomic E-state index is 0.166. The average Bonchev–Trinajstić information content (AvgIpc) is 2.43. The molecule has 1 heterocycles. The summed E-state index contributed by atoms with van der Waals surface area (Å²) in [6, 6.07) is 7.25. The van der Waals surface area contributed by atoms with Crippen LogP contribution >= 0.6 is 0 Å². The molecule has 1 atom stereocenters. The molecule has 0 N–H and O–H groups in total. The highest BCUT2D eigenvalue weighted by molar-refractivity contribution is 5.37. The van der Waals surface area contributed by atoms with E-state index in [9.17, 15) is 0 Å².